The summed E-state index contributed by atoms with van der Waals surface area (Å²) in [5, 5.41) is 12.4. The maximum atomic E-state index is 13.4. The standard InChI is InChI=1S/C25H28N2O3S.C24H23N3O3S.C23H20ClN3O2S.C22H28N2O4S/c1-29-21-13-8-11-19(24(21)30-2)15-16-23(28)27(17-18-9-4-3-5-10-18)25-26-20-12-6-7-14-22(20)31-25;1-29-21-13-18(14-25)11-12-20(21)30-16-23(28)27(15-17-7-3-2-4-8-17)24-26-19-9-5-6-10-22(19)31-24;1-25-17-11-12-20(18(24)13-17)29-15-22(28)27(14-16-7-3-2-4-8-16)23-26-19-9-5-6-10-21(19)30-23;1-5-12-24(22-23-16-8-6-7-9-19(16)29-22)20(25)11-10-15-13-17(26-2)21(28-4)18(14-15)27-3/h3-5,8-11,13H,6-7,12,14-17H2,1-2H3;2-4,7-8,11-13H,5-6,9-10,15-16H2,1H3;2-4,7-8,11-13H,5-6,9-10,14-15H2;5,13-14H,1,6-12H2,2-4H3. The number of para-hydroxylation sites is 1. The Labute approximate surface area is 728 Å². The Bertz CT molecular complexity index is 5310. The molecule has 0 fully saturated rings. The zero-order chi connectivity index (χ0) is 85.0. The third-order valence-corrected chi connectivity index (χ3v) is 25.8. The van der Waals surface area contributed by atoms with E-state index in [1.807, 2.05) is 114 Å². The Morgan fingerprint density at radius 2 is 0.843 bits per heavy atom. The van der Waals surface area contributed by atoms with Gasteiger partial charge in [0.1, 0.15) is 5.75 Å². The summed E-state index contributed by atoms with van der Waals surface area (Å²) in [6.07, 6.45) is 21.2. The van der Waals surface area contributed by atoms with Crippen molar-refractivity contribution >= 4 is 107 Å². The Balaban J connectivity index is 0.000000148. The number of benzene rings is 7. The van der Waals surface area contributed by atoms with E-state index in [1.54, 1.807) is 132 Å². The normalized spacial score (nSPS) is 12.7. The Hall–Kier alpha value is -11.7. The first-order valence-electron chi connectivity index (χ1n) is 40.5. The van der Waals surface area contributed by atoms with E-state index in [2.05, 4.69) is 29.6 Å². The first-order valence-corrected chi connectivity index (χ1v) is 44.1. The molecule has 0 unspecified atom stereocenters. The molecule has 0 saturated carbocycles. The molecule has 4 heterocycles. The average Bonchev–Trinajstić information content (AvgIpc) is 1.68. The predicted molar refractivity (Wildman–Crippen MR) is 479 cm³/mol. The van der Waals surface area contributed by atoms with Crippen LogP contribution in [0.2, 0.25) is 5.02 Å². The molecule has 4 amide bonds. The van der Waals surface area contributed by atoms with Gasteiger partial charge < -0.3 is 37.9 Å². The van der Waals surface area contributed by atoms with Gasteiger partial charge in [-0.15, -0.1) is 51.9 Å². The van der Waals surface area contributed by atoms with Crippen molar-refractivity contribution in [3.8, 4) is 52.1 Å². The molecule has 0 atom stereocenters. The van der Waals surface area contributed by atoms with E-state index in [0.717, 1.165) is 125 Å². The lowest BCUT2D eigenvalue weighted by Crippen LogP contribution is -2.34. The number of fused-ring (bicyclic) bond motifs is 4. The van der Waals surface area contributed by atoms with E-state index in [-0.39, 0.29) is 36.8 Å². The number of ether oxygens (including phenoxy) is 8. The van der Waals surface area contributed by atoms with E-state index in [9.17, 15) is 19.2 Å². The third kappa shape index (κ3) is 23.7. The zero-order valence-corrected chi connectivity index (χ0v) is 73.1. The maximum absolute atomic E-state index is 13.4. The second-order valence-electron chi connectivity index (χ2n) is 29.0. The van der Waals surface area contributed by atoms with E-state index in [4.69, 9.17) is 81.3 Å². The molecule has 628 valence electrons. The number of halogens is 1. The summed E-state index contributed by atoms with van der Waals surface area (Å²) < 4.78 is 43.9. The number of nitriles is 1. The van der Waals surface area contributed by atoms with Crippen molar-refractivity contribution in [2.24, 2.45) is 0 Å². The van der Waals surface area contributed by atoms with Gasteiger partial charge in [0.15, 0.2) is 73.9 Å². The van der Waals surface area contributed by atoms with Crippen LogP contribution in [0.1, 0.15) is 140 Å². The molecule has 0 radical (unpaired) electrons. The highest BCUT2D eigenvalue weighted by Gasteiger charge is 2.30. The van der Waals surface area contributed by atoms with Crippen molar-refractivity contribution in [3.63, 3.8) is 0 Å². The van der Waals surface area contributed by atoms with E-state index >= 15 is 0 Å². The summed E-state index contributed by atoms with van der Waals surface area (Å²) in [7, 11) is 9.51. The van der Waals surface area contributed by atoms with Crippen molar-refractivity contribution in [3.05, 3.63) is 262 Å². The highest BCUT2D eigenvalue weighted by Crippen LogP contribution is 2.42. The molecule has 22 nitrogen and oxygen atoms in total. The first-order chi connectivity index (χ1) is 59.1. The number of aromatic nitrogens is 4. The number of rotatable bonds is 30. The quantitative estimate of drug-likeness (QED) is 0.0300. The van der Waals surface area contributed by atoms with Crippen LogP contribution in [0.15, 0.2) is 170 Å². The number of hydrogen-bond acceptors (Lipinski definition) is 21. The van der Waals surface area contributed by atoms with Crippen LogP contribution in [0, 0.1) is 17.9 Å². The Kier molecular flexibility index (Phi) is 32.7. The second kappa shape index (κ2) is 44.6. The minimum absolute atomic E-state index is 0.0322. The number of carbonyl (C=O) groups excluding carboxylic acids is 4. The number of aryl methyl sites for hydroxylation is 10. The van der Waals surface area contributed by atoms with E-state index in [0.29, 0.717) is 119 Å². The minimum Gasteiger partial charge on any atom is -0.493 e. The molecule has 0 saturated heterocycles. The van der Waals surface area contributed by atoms with Gasteiger partial charge >= 0.3 is 0 Å². The molecule has 4 aliphatic carbocycles. The molecule has 121 heavy (non-hydrogen) atoms. The molecule has 4 aromatic heterocycles. The third-order valence-electron chi connectivity index (χ3n) is 20.8. The van der Waals surface area contributed by atoms with Crippen LogP contribution in [-0.4, -0.2) is 106 Å². The zero-order valence-electron chi connectivity index (χ0n) is 69.1. The van der Waals surface area contributed by atoms with Crippen molar-refractivity contribution in [1.82, 2.24) is 19.9 Å². The van der Waals surface area contributed by atoms with Crippen LogP contribution >= 0.6 is 56.9 Å². The van der Waals surface area contributed by atoms with E-state index < -0.39 is 0 Å². The summed E-state index contributed by atoms with van der Waals surface area (Å²) >= 11 is 12.7. The van der Waals surface area contributed by atoms with Gasteiger partial charge in [-0.2, -0.15) is 5.26 Å². The summed E-state index contributed by atoms with van der Waals surface area (Å²) in [5.41, 5.74) is 10.5. The van der Waals surface area contributed by atoms with Crippen LogP contribution in [0.25, 0.3) is 4.85 Å². The van der Waals surface area contributed by atoms with Gasteiger partial charge in [-0.1, -0.05) is 127 Å². The van der Waals surface area contributed by atoms with Gasteiger partial charge in [0, 0.05) is 45.0 Å². The van der Waals surface area contributed by atoms with Crippen LogP contribution in [0.3, 0.4) is 0 Å². The highest BCUT2D eigenvalue weighted by molar-refractivity contribution is 7.17. The number of hydrogen-bond donors (Lipinski definition) is 0. The number of carbonyl (C=O) groups is 4. The smallest absolute Gasteiger partial charge is 0.267 e. The molecule has 0 spiro atoms. The number of anilines is 4. The fraction of sp³-hybridized carbons (Fsp3) is 0.340. The topological polar surface area (TPSA) is 235 Å². The summed E-state index contributed by atoms with van der Waals surface area (Å²) in [6.45, 7) is 12.4. The fourth-order valence-electron chi connectivity index (χ4n) is 14.5. The number of amides is 4. The van der Waals surface area contributed by atoms with Crippen LogP contribution in [0.4, 0.5) is 26.2 Å². The molecule has 0 aliphatic heterocycles. The minimum atomic E-state index is -0.185. The first kappa shape index (κ1) is 88.6. The molecule has 7 aromatic carbocycles. The summed E-state index contributed by atoms with van der Waals surface area (Å²) in [6, 6.07) is 51.1. The van der Waals surface area contributed by atoms with Gasteiger partial charge in [-0.05, 0) is 186 Å². The monoisotopic (exact) mass is 1720 g/mol. The molecule has 15 rings (SSSR count). The molecular weight excluding hydrogens is 1620 g/mol. The second-order valence-corrected chi connectivity index (χ2v) is 33.6. The van der Waals surface area contributed by atoms with Gasteiger partial charge in [0.2, 0.25) is 17.6 Å². The van der Waals surface area contributed by atoms with Gasteiger partial charge in [0.05, 0.1) is 108 Å². The summed E-state index contributed by atoms with van der Waals surface area (Å²) in [5.74, 6) is 4.07. The van der Waals surface area contributed by atoms with Gasteiger partial charge in [-0.3, -0.25) is 38.8 Å². The lowest BCUT2D eigenvalue weighted by molar-refractivity contribution is -0.121. The number of thiazole rings is 4. The lowest BCUT2D eigenvalue weighted by atomic mass is 10.0. The van der Waals surface area contributed by atoms with Gasteiger partial charge in [0.25, 0.3) is 11.8 Å². The van der Waals surface area contributed by atoms with Crippen molar-refractivity contribution in [2.75, 3.05) is 82.0 Å². The predicted octanol–water partition coefficient (Wildman–Crippen LogP) is 19.8. The van der Waals surface area contributed by atoms with Gasteiger partial charge in [-0.25, -0.2) is 24.8 Å². The van der Waals surface area contributed by atoms with Crippen LogP contribution < -0.4 is 57.5 Å². The molecule has 27 heteroatoms. The molecule has 11 aromatic rings. The van der Waals surface area contributed by atoms with Crippen LogP contribution in [-0.2, 0) is 103 Å². The summed E-state index contributed by atoms with van der Waals surface area (Å²) in [4.78, 5) is 87.5. The maximum Gasteiger partial charge on any atom is 0.267 e. The molecule has 0 N–H and O–H groups in total. The number of methoxy groups -OCH3 is 6. The SMILES string of the molecule is C=CCN(C(=O)CCc1cc(OC)c(OC)c(OC)c1)c1nc2c(s1)CCCC2.COc1cc(C#N)ccc1OCC(=O)N(Cc1ccccc1)c1nc2c(s1)CCCC2.COc1cccc(CCC(=O)N(Cc2ccccc2)c2nc3c(s2)CCCC3)c1OC.[C-]#[N+]c1ccc(OCC(=O)N(Cc2ccccc2)c2nc3c(s2)CCCC3)c(Cl)c1. The van der Waals surface area contributed by atoms with Crippen LogP contribution in [0.5, 0.6) is 46.0 Å². The Morgan fingerprint density at radius 3 is 1.25 bits per heavy atom. The van der Waals surface area contributed by atoms with E-state index in [1.165, 1.54) is 76.9 Å². The fourth-order valence-corrected chi connectivity index (χ4v) is 19.4. The lowest BCUT2D eigenvalue weighted by Gasteiger charge is -2.21. The average molecular weight is 1720 g/mol. The Morgan fingerprint density at radius 1 is 0.438 bits per heavy atom. The molecular formula is C94H99ClN10O12S4. The molecule has 0 bridgehead atoms. The van der Waals surface area contributed by atoms with Crippen molar-refractivity contribution in [2.45, 2.75) is 148 Å². The molecule has 4 aliphatic rings. The highest BCUT2D eigenvalue weighted by atomic mass is 35.5. The largest absolute Gasteiger partial charge is 0.493 e. The van der Waals surface area contributed by atoms with Crippen molar-refractivity contribution in [1.29, 1.82) is 5.26 Å². The number of nitrogens with zero attached hydrogens (tertiary/aromatic N) is 10. The van der Waals surface area contributed by atoms with Crippen molar-refractivity contribution < 1.29 is 57.1 Å².